The van der Waals surface area contributed by atoms with E-state index >= 15 is 0 Å². The van der Waals surface area contributed by atoms with Crippen LogP contribution >= 0.6 is 15.9 Å². The summed E-state index contributed by atoms with van der Waals surface area (Å²) in [6, 6.07) is 5.40. The second-order valence-corrected chi connectivity index (χ2v) is 4.08. The van der Waals surface area contributed by atoms with Crippen LogP contribution in [-0.4, -0.2) is 22.9 Å². The van der Waals surface area contributed by atoms with Crippen molar-refractivity contribution in [3.8, 4) is 0 Å². The summed E-state index contributed by atoms with van der Waals surface area (Å²) in [5.41, 5.74) is 1.47. The van der Waals surface area contributed by atoms with Crippen LogP contribution in [0.15, 0.2) is 22.8 Å². The molecule has 0 unspecified atom stereocenters. The summed E-state index contributed by atoms with van der Waals surface area (Å²) in [4.78, 5) is 11.4. The van der Waals surface area contributed by atoms with Crippen LogP contribution in [0.5, 0.6) is 0 Å². The minimum Gasteiger partial charge on any atom is -0.465 e. The van der Waals surface area contributed by atoms with E-state index in [1.165, 1.54) is 7.11 Å². The van der Waals surface area contributed by atoms with E-state index in [2.05, 4.69) is 25.8 Å². The van der Waals surface area contributed by atoms with E-state index in [-0.39, 0.29) is 5.97 Å². The monoisotopic (exact) mass is 282 g/mol. The van der Waals surface area contributed by atoms with Gasteiger partial charge in [0.05, 0.1) is 18.2 Å². The van der Waals surface area contributed by atoms with E-state index in [1.54, 1.807) is 12.1 Å². The third kappa shape index (κ3) is 1.71. The molecule has 1 aromatic carbocycles. The Balaban J connectivity index is 2.64. The number of halogens is 1. The van der Waals surface area contributed by atoms with Gasteiger partial charge in [-0.2, -0.15) is 5.10 Å². The molecule has 1 aromatic heterocycles. The van der Waals surface area contributed by atoms with Crippen LogP contribution in [0.4, 0.5) is 0 Å². The number of benzene rings is 1. The van der Waals surface area contributed by atoms with Gasteiger partial charge in [0.15, 0.2) is 0 Å². The minimum atomic E-state index is -0.332. The Kier molecular flexibility index (Phi) is 2.96. The van der Waals surface area contributed by atoms with Crippen LogP contribution in [0.3, 0.4) is 0 Å². The van der Waals surface area contributed by atoms with E-state index in [9.17, 15) is 4.79 Å². The maximum Gasteiger partial charge on any atom is 0.337 e. The summed E-state index contributed by atoms with van der Waals surface area (Å²) in [5, 5.41) is 5.31. The molecule has 0 amide bonds. The molecule has 0 aliphatic rings. The van der Waals surface area contributed by atoms with Crippen LogP contribution in [0.25, 0.3) is 10.9 Å². The number of aromatic nitrogens is 2. The van der Waals surface area contributed by atoms with Gasteiger partial charge < -0.3 is 4.74 Å². The van der Waals surface area contributed by atoms with Gasteiger partial charge in [0, 0.05) is 11.9 Å². The summed E-state index contributed by atoms with van der Waals surface area (Å²) in [6.45, 7) is 2.76. The fourth-order valence-electron chi connectivity index (χ4n) is 1.62. The molecule has 0 aliphatic heterocycles. The molecule has 0 atom stereocenters. The predicted octanol–water partition coefficient (Wildman–Crippen LogP) is 2.61. The summed E-state index contributed by atoms with van der Waals surface area (Å²) in [6.07, 6.45) is 0. The topological polar surface area (TPSA) is 44.1 Å². The molecule has 4 nitrogen and oxygen atoms in total. The number of aryl methyl sites for hydroxylation is 1. The first-order valence-electron chi connectivity index (χ1n) is 4.91. The predicted molar refractivity (Wildman–Crippen MR) is 64.4 cm³/mol. The first-order valence-corrected chi connectivity index (χ1v) is 5.71. The number of methoxy groups -OCH3 is 1. The SMILES string of the molecule is CCn1nc(Br)c2ccc(C(=O)OC)cc21. The number of rotatable bonds is 2. The number of nitrogens with zero attached hydrogens (tertiary/aromatic N) is 2. The van der Waals surface area contributed by atoms with Crippen LogP contribution in [0.2, 0.25) is 0 Å². The number of fused-ring (bicyclic) bond motifs is 1. The zero-order valence-corrected chi connectivity index (χ0v) is 10.6. The first-order chi connectivity index (χ1) is 7.67. The Morgan fingerprint density at radius 1 is 1.56 bits per heavy atom. The lowest BCUT2D eigenvalue weighted by Crippen LogP contribution is -2.02. The summed E-state index contributed by atoms with van der Waals surface area (Å²) in [7, 11) is 1.37. The zero-order chi connectivity index (χ0) is 11.7. The third-order valence-corrected chi connectivity index (χ3v) is 3.01. The third-order valence-electron chi connectivity index (χ3n) is 2.43. The Morgan fingerprint density at radius 3 is 2.94 bits per heavy atom. The van der Waals surface area contributed by atoms with Crippen molar-refractivity contribution in [1.82, 2.24) is 9.78 Å². The molecule has 0 fully saturated rings. The fraction of sp³-hybridized carbons (Fsp3) is 0.273. The Labute approximate surface area is 101 Å². The number of carbonyl (C=O) groups is 1. The first kappa shape index (κ1) is 11.1. The van der Waals surface area contributed by atoms with Crippen LogP contribution < -0.4 is 0 Å². The molecule has 0 saturated heterocycles. The molecule has 16 heavy (non-hydrogen) atoms. The maximum atomic E-state index is 11.4. The van der Waals surface area contributed by atoms with E-state index < -0.39 is 0 Å². The van der Waals surface area contributed by atoms with E-state index in [0.717, 1.165) is 22.1 Å². The van der Waals surface area contributed by atoms with Gasteiger partial charge in [-0.3, -0.25) is 4.68 Å². The molecule has 1 heterocycles. The van der Waals surface area contributed by atoms with Gasteiger partial charge in [0.1, 0.15) is 4.60 Å². The van der Waals surface area contributed by atoms with Crippen molar-refractivity contribution in [2.24, 2.45) is 0 Å². The molecule has 0 aliphatic carbocycles. The molecule has 0 spiro atoms. The molecule has 0 saturated carbocycles. The van der Waals surface area contributed by atoms with Crippen molar-refractivity contribution in [1.29, 1.82) is 0 Å². The Morgan fingerprint density at radius 2 is 2.31 bits per heavy atom. The molecule has 5 heteroatoms. The van der Waals surface area contributed by atoms with E-state index in [0.29, 0.717) is 5.56 Å². The van der Waals surface area contributed by atoms with E-state index in [1.807, 2.05) is 17.7 Å². The Bertz CT molecular complexity index is 548. The molecule has 2 rings (SSSR count). The zero-order valence-electron chi connectivity index (χ0n) is 9.03. The molecular weight excluding hydrogens is 272 g/mol. The van der Waals surface area contributed by atoms with Gasteiger partial charge in [0.2, 0.25) is 0 Å². The van der Waals surface area contributed by atoms with Crippen molar-refractivity contribution in [2.45, 2.75) is 13.5 Å². The fourth-order valence-corrected chi connectivity index (χ4v) is 2.15. The quantitative estimate of drug-likeness (QED) is 0.796. The average molecular weight is 283 g/mol. The van der Waals surface area contributed by atoms with E-state index in [4.69, 9.17) is 0 Å². The normalized spacial score (nSPS) is 10.7. The van der Waals surface area contributed by atoms with Gasteiger partial charge in [0.25, 0.3) is 0 Å². The van der Waals surface area contributed by atoms with Crippen molar-refractivity contribution in [3.63, 3.8) is 0 Å². The lowest BCUT2D eigenvalue weighted by Gasteiger charge is -2.01. The lowest BCUT2D eigenvalue weighted by atomic mass is 10.2. The summed E-state index contributed by atoms with van der Waals surface area (Å²) < 4.78 is 7.32. The van der Waals surface area contributed by atoms with Crippen molar-refractivity contribution >= 4 is 32.8 Å². The van der Waals surface area contributed by atoms with Gasteiger partial charge in [-0.15, -0.1) is 0 Å². The van der Waals surface area contributed by atoms with Gasteiger partial charge in [-0.25, -0.2) is 4.79 Å². The van der Waals surface area contributed by atoms with Gasteiger partial charge in [-0.1, -0.05) is 0 Å². The molecule has 0 N–H and O–H groups in total. The molecule has 84 valence electrons. The maximum absolute atomic E-state index is 11.4. The number of hydrogen-bond acceptors (Lipinski definition) is 3. The molecule has 2 aromatic rings. The highest BCUT2D eigenvalue weighted by molar-refractivity contribution is 9.10. The number of carbonyl (C=O) groups excluding carboxylic acids is 1. The lowest BCUT2D eigenvalue weighted by molar-refractivity contribution is 0.0601. The van der Waals surface area contributed by atoms with Crippen LogP contribution in [0, 0.1) is 0 Å². The average Bonchev–Trinajstić information content (AvgIpc) is 2.64. The smallest absolute Gasteiger partial charge is 0.337 e. The Hall–Kier alpha value is -1.36. The van der Waals surface area contributed by atoms with Crippen molar-refractivity contribution < 1.29 is 9.53 Å². The standard InChI is InChI=1S/C11H11BrN2O2/c1-3-14-9-6-7(11(15)16-2)4-5-8(9)10(12)13-14/h4-6H,3H2,1-2H3. The van der Waals surface area contributed by atoms with Crippen molar-refractivity contribution in [2.75, 3.05) is 7.11 Å². The highest BCUT2D eigenvalue weighted by atomic mass is 79.9. The summed E-state index contributed by atoms with van der Waals surface area (Å²) in [5.74, 6) is -0.332. The largest absolute Gasteiger partial charge is 0.465 e. The second kappa shape index (κ2) is 4.25. The molecule has 0 bridgehead atoms. The van der Waals surface area contributed by atoms with Crippen LogP contribution in [-0.2, 0) is 11.3 Å². The second-order valence-electron chi connectivity index (χ2n) is 3.33. The molecule has 0 radical (unpaired) electrons. The highest BCUT2D eigenvalue weighted by Gasteiger charge is 2.11. The van der Waals surface area contributed by atoms with Gasteiger partial charge >= 0.3 is 5.97 Å². The summed E-state index contributed by atoms with van der Waals surface area (Å²) >= 11 is 3.39. The number of hydrogen-bond donors (Lipinski definition) is 0. The van der Waals surface area contributed by atoms with Crippen LogP contribution in [0.1, 0.15) is 17.3 Å². The van der Waals surface area contributed by atoms with Gasteiger partial charge in [-0.05, 0) is 41.1 Å². The number of esters is 1. The van der Waals surface area contributed by atoms with Crippen molar-refractivity contribution in [3.05, 3.63) is 28.4 Å². The highest BCUT2D eigenvalue weighted by Crippen LogP contribution is 2.24. The molecular formula is C11H11BrN2O2. The minimum absolute atomic E-state index is 0.332. The number of ether oxygens (including phenoxy) is 1.